The molecule has 0 saturated carbocycles. The molecule has 0 aliphatic carbocycles. The minimum absolute atomic E-state index is 0.282. The van der Waals surface area contributed by atoms with Crippen LogP contribution >= 0.6 is 0 Å². The van der Waals surface area contributed by atoms with Crippen molar-refractivity contribution in [2.24, 2.45) is 5.41 Å². The minimum atomic E-state index is 0.282. The van der Waals surface area contributed by atoms with Gasteiger partial charge in [0.05, 0.1) is 0 Å². The number of rotatable bonds is 0. The summed E-state index contributed by atoms with van der Waals surface area (Å²) in [6.07, 6.45) is 1.27. The Morgan fingerprint density at radius 1 is 1.07 bits per heavy atom. The average Bonchev–Trinajstić information content (AvgIpc) is 2.24. The maximum atomic E-state index is 3.56. The van der Waals surface area contributed by atoms with Crippen LogP contribution in [-0.2, 0) is 0 Å². The summed E-state index contributed by atoms with van der Waals surface area (Å²) in [5, 5.41) is 3.56. The van der Waals surface area contributed by atoms with Crippen LogP contribution in [0.5, 0.6) is 0 Å². The van der Waals surface area contributed by atoms with Crippen LogP contribution in [-0.4, -0.2) is 36.1 Å². The molecule has 90 valence electrons. The van der Waals surface area contributed by atoms with Gasteiger partial charge in [0.2, 0.25) is 0 Å². The second-order valence-corrected chi connectivity index (χ2v) is 6.80. The Labute approximate surface area is 95.4 Å². The fraction of sp³-hybridized carbons (Fsp3) is 1.00. The maximum absolute atomic E-state index is 3.56. The molecule has 1 aliphatic heterocycles. The van der Waals surface area contributed by atoms with Gasteiger partial charge in [0, 0.05) is 24.7 Å². The van der Waals surface area contributed by atoms with Crippen molar-refractivity contribution in [3.63, 3.8) is 0 Å². The first-order valence-electron chi connectivity index (χ1n) is 6.20. The van der Waals surface area contributed by atoms with Crippen LogP contribution in [0.3, 0.4) is 0 Å². The van der Waals surface area contributed by atoms with Gasteiger partial charge in [-0.05, 0) is 39.2 Å². The number of hydrogen-bond acceptors (Lipinski definition) is 2. The van der Waals surface area contributed by atoms with E-state index in [9.17, 15) is 0 Å². The van der Waals surface area contributed by atoms with Crippen molar-refractivity contribution < 1.29 is 0 Å². The van der Waals surface area contributed by atoms with E-state index in [0.717, 1.165) is 6.54 Å². The second-order valence-electron chi connectivity index (χ2n) is 6.80. The van der Waals surface area contributed by atoms with Crippen LogP contribution in [0.4, 0.5) is 0 Å². The Hall–Kier alpha value is -0.0800. The molecule has 2 nitrogen and oxygen atoms in total. The van der Waals surface area contributed by atoms with Crippen molar-refractivity contribution in [1.29, 1.82) is 0 Å². The second kappa shape index (κ2) is 4.42. The van der Waals surface area contributed by atoms with Crippen LogP contribution in [0.1, 0.15) is 48.0 Å². The van der Waals surface area contributed by atoms with Crippen molar-refractivity contribution in [2.75, 3.05) is 19.6 Å². The van der Waals surface area contributed by atoms with Gasteiger partial charge in [-0.3, -0.25) is 4.90 Å². The molecule has 1 heterocycles. The summed E-state index contributed by atoms with van der Waals surface area (Å²) >= 11 is 0. The Kier molecular flexibility index (Phi) is 3.83. The quantitative estimate of drug-likeness (QED) is 0.664. The van der Waals surface area contributed by atoms with E-state index in [2.05, 4.69) is 51.8 Å². The van der Waals surface area contributed by atoms with Crippen molar-refractivity contribution in [2.45, 2.75) is 59.5 Å². The summed E-state index contributed by atoms with van der Waals surface area (Å²) in [6.45, 7) is 17.6. The van der Waals surface area contributed by atoms with Crippen molar-refractivity contribution >= 4 is 0 Å². The molecule has 15 heavy (non-hydrogen) atoms. The molecule has 0 radical (unpaired) electrons. The topological polar surface area (TPSA) is 15.3 Å². The summed E-state index contributed by atoms with van der Waals surface area (Å²) in [5.74, 6) is 0. The molecular weight excluding hydrogens is 184 g/mol. The lowest BCUT2D eigenvalue weighted by atomic mass is 9.83. The van der Waals surface area contributed by atoms with Crippen LogP contribution in [0.25, 0.3) is 0 Å². The highest BCUT2D eigenvalue weighted by molar-refractivity contribution is 4.92. The SMILES string of the molecule is CC(C)(C)[C@H]1CNCCCN1C(C)(C)C. The average molecular weight is 212 g/mol. The summed E-state index contributed by atoms with van der Waals surface area (Å²) < 4.78 is 0. The number of hydrogen-bond donors (Lipinski definition) is 1. The molecule has 0 aromatic heterocycles. The predicted molar refractivity (Wildman–Crippen MR) is 67.2 cm³/mol. The van der Waals surface area contributed by atoms with Crippen molar-refractivity contribution in [3.05, 3.63) is 0 Å². The van der Waals surface area contributed by atoms with E-state index in [1.54, 1.807) is 0 Å². The van der Waals surface area contributed by atoms with Crippen LogP contribution < -0.4 is 5.32 Å². The summed E-state index contributed by atoms with van der Waals surface area (Å²) in [4.78, 5) is 2.67. The molecule has 0 spiro atoms. The van der Waals surface area contributed by atoms with Crippen molar-refractivity contribution in [3.8, 4) is 0 Å². The Balaban J connectivity index is 2.86. The molecule has 1 fully saturated rings. The van der Waals surface area contributed by atoms with Gasteiger partial charge >= 0.3 is 0 Å². The summed E-state index contributed by atoms with van der Waals surface area (Å²) in [5.41, 5.74) is 0.634. The zero-order valence-corrected chi connectivity index (χ0v) is 11.4. The predicted octanol–water partition coefficient (Wildman–Crippen LogP) is 2.49. The van der Waals surface area contributed by atoms with Gasteiger partial charge in [0.15, 0.2) is 0 Å². The largest absolute Gasteiger partial charge is 0.315 e. The van der Waals surface area contributed by atoms with Gasteiger partial charge < -0.3 is 5.32 Å². The first-order chi connectivity index (χ1) is 6.73. The molecule has 0 aromatic rings. The third kappa shape index (κ3) is 3.46. The van der Waals surface area contributed by atoms with E-state index in [0.29, 0.717) is 11.5 Å². The lowest BCUT2D eigenvalue weighted by Gasteiger charge is -2.46. The maximum Gasteiger partial charge on any atom is 0.0274 e. The van der Waals surface area contributed by atoms with E-state index < -0.39 is 0 Å². The summed E-state index contributed by atoms with van der Waals surface area (Å²) in [7, 11) is 0. The Morgan fingerprint density at radius 2 is 1.67 bits per heavy atom. The Bertz CT molecular complexity index is 176. The highest BCUT2D eigenvalue weighted by Gasteiger charge is 2.36. The molecule has 1 saturated heterocycles. The first kappa shape index (κ1) is 13.0. The molecule has 1 aliphatic rings. The van der Waals surface area contributed by atoms with E-state index in [4.69, 9.17) is 0 Å². The van der Waals surface area contributed by atoms with E-state index in [1.807, 2.05) is 0 Å². The zero-order chi connectivity index (χ0) is 11.7. The van der Waals surface area contributed by atoms with Crippen molar-refractivity contribution in [1.82, 2.24) is 10.2 Å². The molecule has 1 N–H and O–H groups in total. The first-order valence-corrected chi connectivity index (χ1v) is 6.20. The smallest absolute Gasteiger partial charge is 0.0274 e. The monoisotopic (exact) mass is 212 g/mol. The molecule has 0 unspecified atom stereocenters. The van der Waals surface area contributed by atoms with Gasteiger partial charge in [-0.25, -0.2) is 0 Å². The fourth-order valence-corrected chi connectivity index (χ4v) is 2.46. The molecule has 2 heteroatoms. The molecule has 1 rings (SSSR count). The molecule has 0 amide bonds. The number of nitrogens with zero attached hydrogens (tertiary/aromatic N) is 1. The zero-order valence-electron chi connectivity index (χ0n) is 11.4. The van der Waals surface area contributed by atoms with Crippen LogP contribution in [0, 0.1) is 5.41 Å². The van der Waals surface area contributed by atoms with Gasteiger partial charge in [0.1, 0.15) is 0 Å². The highest BCUT2D eigenvalue weighted by atomic mass is 15.2. The van der Waals surface area contributed by atoms with Crippen LogP contribution in [0.15, 0.2) is 0 Å². The molecular formula is C13H28N2. The van der Waals surface area contributed by atoms with E-state index in [1.165, 1.54) is 19.5 Å². The van der Waals surface area contributed by atoms with Gasteiger partial charge in [-0.2, -0.15) is 0 Å². The Morgan fingerprint density at radius 3 is 2.13 bits per heavy atom. The fourth-order valence-electron chi connectivity index (χ4n) is 2.46. The number of nitrogens with one attached hydrogen (secondary N) is 1. The third-order valence-electron chi connectivity index (χ3n) is 3.33. The van der Waals surface area contributed by atoms with E-state index in [-0.39, 0.29) is 5.54 Å². The van der Waals surface area contributed by atoms with Gasteiger partial charge in [0.25, 0.3) is 0 Å². The summed E-state index contributed by atoms with van der Waals surface area (Å²) in [6, 6.07) is 0.639. The van der Waals surface area contributed by atoms with Gasteiger partial charge in [-0.1, -0.05) is 20.8 Å². The minimum Gasteiger partial charge on any atom is -0.315 e. The van der Waals surface area contributed by atoms with Crippen LogP contribution in [0.2, 0.25) is 0 Å². The lowest BCUT2D eigenvalue weighted by molar-refractivity contribution is 0.0312. The normalized spacial score (nSPS) is 26.4. The highest BCUT2D eigenvalue weighted by Crippen LogP contribution is 2.30. The third-order valence-corrected chi connectivity index (χ3v) is 3.33. The standard InChI is InChI=1S/C13H28N2/c1-12(2,3)11-10-14-8-7-9-15(11)13(4,5)6/h11,14H,7-10H2,1-6H3/t11-/m1/s1. The lowest BCUT2D eigenvalue weighted by Crippen LogP contribution is -2.55. The molecule has 1 atom stereocenters. The molecule has 0 aromatic carbocycles. The van der Waals surface area contributed by atoms with E-state index >= 15 is 0 Å². The molecule has 0 bridgehead atoms. The van der Waals surface area contributed by atoms with Gasteiger partial charge in [-0.15, -0.1) is 0 Å².